The smallest absolute Gasteiger partial charge is 0.410 e. The molecule has 0 spiro atoms. The van der Waals surface area contributed by atoms with Gasteiger partial charge in [0.2, 0.25) is 0 Å². The second-order valence-corrected chi connectivity index (χ2v) is 7.95. The van der Waals surface area contributed by atoms with Crippen molar-refractivity contribution in [2.75, 3.05) is 13.2 Å². The Bertz CT molecular complexity index is 837. The summed E-state index contributed by atoms with van der Waals surface area (Å²) >= 11 is 5.13. The number of fused-ring (bicyclic) bond motifs is 3. The molecule has 1 aliphatic carbocycles. The van der Waals surface area contributed by atoms with E-state index in [2.05, 4.69) is 43.3 Å². The molecule has 2 aliphatic rings. The van der Waals surface area contributed by atoms with E-state index in [-0.39, 0.29) is 24.0 Å². The Hall–Kier alpha value is -2.40. The molecule has 0 saturated carbocycles. The summed E-state index contributed by atoms with van der Waals surface area (Å²) in [5.74, 6) is 0.157. The number of amides is 1. The van der Waals surface area contributed by atoms with E-state index in [1.54, 1.807) is 4.90 Å². The summed E-state index contributed by atoms with van der Waals surface area (Å²) in [6.07, 6.45) is 1.56. The molecule has 5 heteroatoms. The predicted octanol–water partition coefficient (Wildman–Crippen LogP) is 4.32. The number of carbonyl (C=O) groups excluding carboxylic acids is 1. The second kappa shape index (κ2) is 7.31. The highest BCUT2D eigenvalue weighted by Crippen LogP contribution is 2.44. The van der Waals surface area contributed by atoms with Gasteiger partial charge in [-0.2, -0.15) is 0 Å². The van der Waals surface area contributed by atoms with E-state index in [0.717, 1.165) is 12.8 Å². The van der Waals surface area contributed by atoms with Gasteiger partial charge in [-0.3, -0.25) is 0 Å². The molecule has 2 N–H and O–H groups in total. The van der Waals surface area contributed by atoms with Gasteiger partial charge >= 0.3 is 6.09 Å². The molecule has 1 fully saturated rings. The predicted molar refractivity (Wildman–Crippen MR) is 111 cm³/mol. The van der Waals surface area contributed by atoms with E-state index in [0.29, 0.717) is 18.1 Å². The van der Waals surface area contributed by atoms with E-state index in [4.69, 9.17) is 22.7 Å². The Kier molecular flexibility index (Phi) is 4.87. The van der Waals surface area contributed by atoms with Crippen molar-refractivity contribution in [2.24, 2.45) is 11.7 Å². The number of hydrogen-bond donors (Lipinski definition) is 1. The molecule has 2 atom stereocenters. The Balaban J connectivity index is 1.50. The summed E-state index contributed by atoms with van der Waals surface area (Å²) in [4.78, 5) is 15.0. The van der Waals surface area contributed by atoms with Crippen molar-refractivity contribution in [3.05, 3.63) is 59.7 Å². The van der Waals surface area contributed by atoms with Gasteiger partial charge in [0.1, 0.15) is 6.61 Å². The normalized spacial score (nSPS) is 21.4. The van der Waals surface area contributed by atoms with Crippen LogP contribution in [0.3, 0.4) is 0 Å². The Morgan fingerprint density at radius 2 is 1.70 bits per heavy atom. The molecule has 4 nitrogen and oxygen atoms in total. The number of ether oxygens (including phenoxy) is 1. The van der Waals surface area contributed by atoms with Crippen LogP contribution in [0.1, 0.15) is 36.8 Å². The lowest BCUT2D eigenvalue weighted by atomic mass is 9.94. The van der Waals surface area contributed by atoms with E-state index in [1.165, 1.54) is 22.3 Å². The first-order valence-electron chi connectivity index (χ1n) is 9.47. The minimum absolute atomic E-state index is 0.0767. The highest BCUT2D eigenvalue weighted by atomic mass is 32.1. The largest absolute Gasteiger partial charge is 0.448 e. The molecule has 0 aromatic heterocycles. The number of thiocarbonyl (C=S) groups is 1. The van der Waals surface area contributed by atoms with Crippen molar-refractivity contribution < 1.29 is 9.53 Å². The summed E-state index contributed by atoms with van der Waals surface area (Å²) < 4.78 is 5.78. The van der Waals surface area contributed by atoms with Gasteiger partial charge in [-0.05, 0) is 42.0 Å². The summed E-state index contributed by atoms with van der Waals surface area (Å²) in [7, 11) is 0. The average molecular weight is 381 g/mol. The molecule has 2 aromatic rings. The van der Waals surface area contributed by atoms with Crippen molar-refractivity contribution >= 4 is 23.3 Å². The molecule has 2 aromatic carbocycles. The third-order valence-corrected chi connectivity index (χ3v) is 6.19. The molecule has 0 radical (unpaired) electrons. The Morgan fingerprint density at radius 3 is 2.30 bits per heavy atom. The molecule has 1 amide bonds. The molecule has 1 saturated heterocycles. The molecule has 27 heavy (non-hydrogen) atoms. The SMILES string of the molecule is C[C@@H]1CC[C@@H](C(N)=S)CN1C(=O)OCC1c2ccccc2-c2ccccc21. The summed E-state index contributed by atoms with van der Waals surface area (Å²) in [5.41, 5.74) is 10.7. The van der Waals surface area contributed by atoms with Gasteiger partial charge in [-0.1, -0.05) is 60.7 Å². The van der Waals surface area contributed by atoms with Crippen LogP contribution in [-0.2, 0) is 4.74 Å². The lowest BCUT2D eigenvalue weighted by molar-refractivity contribution is 0.0696. The van der Waals surface area contributed by atoms with Crippen molar-refractivity contribution in [3.63, 3.8) is 0 Å². The molecule has 1 aliphatic heterocycles. The maximum absolute atomic E-state index is 12.8. The van der Waals surface area contributed by atoms with Gasteiger partial charge in [0.05, 0.1) is 4.99 Å². The van der Waals surface area contributed by atoms with Crippen LogP contribution in [0.4, 0.5) is 4.79 Å². The fraction of sp³-hybridized carbons (Fsp3) is 0.364. The highest BCUT2D eigenvalue weighted by molar-refractivity contribution is 7.80. The van der Waals surface area contributed by atoms with Gasteiger partial charge in [-0.15, -0.1) is 0 Å². The summed E-state index contributed by atoms with van der Waals surface area (Å²) in [6.45, 7) is 2.94. The van der Waals surface area contributed by atoms with Gasteiger partial charge < -0.3 is 15.4 Å². The first kappa shape index (κ1) is 18.0. The molecular weight excluding hydrogens is 356 g/mol. The minimum Gasteiger partial charge on any atom is -0.448 e. The number of piperidine rings is 1. The minimum atomic E-state index is -0.273. The third kappa shape index (κ3) is 3.32. The number of carbonyl (C=O) groups is 1. The van der Waals surface area contributed by atoms with Crippen molar-refractivity contribution in [1.29, 1.82) is 0 Å². The number of nitrogens with zero attached hydrogens (tertiary/aromatic N) is 1. The number of rotatable bonds is 3. The van der Waals surface area contributed by atoms with Crippen LogP contribution in [0.15, 0.2) is 48.5 Å². The fourth-order valence-corrected chi connectivity index (χ4v) is 4.46. The molecule has 1 heterocycles. The first-order valence-corrected chi connectivity index (χ1v) is 9.88. The number of likely N-dealkylation sites (tertiary alicyclic amines) is 1. The van der Waals surface area contributed by atoms with Crippen molar-refractivity contribution in [1.82, 2.24) is 4.90 Å². The maximum atomic E-state index is 12.8. The monoisotopic (exact) mass is 380 g/mol. The van der Waals surface area contributed by atoms with Crippen LogP contribution < -0.4 is 5.73 Å². The number of hydrogen-bond acceptors (Lipinski definition) is 3. The standard InChI is InChI=1S/C22H24N2O2S/c1-14-10-11-15(21(23)27)12-24(14)22(25)26-13-20-18-8-4-2-6-16(18)17-7-3-5-9-19(17)20/h2-9,14-15,20H,10-13H2,1H3,(H2,23,27)/t14-,15-/m1/s1. The topological polar surface area (TPSA) is 55.6 Å². The zero-order valence-corrected chi connectivity index (χ0v) is 16.2. The van der Waals surface area contributed by atoms with Crippen LogP contribution in [0.5, 0.6) is 0 Å². The zero-order valence-electron chi connectivity index (χ0n) is 15.4. The van der Waals surface area contributed by atoms with E-state index >= 15 is 0 Å². The van der Waals surface area contributed by atoms with E-state index < -0.39 is 0 Å². The van der Waals surface area contributed by atoms with Crippen LogP contribution >= 0.6 is 12.2 Å². The zero-order chi connectivity index (χ0) is 19.0. The fourth-order valence-electron chi connectivity index (χ4n) is 4.27. The van der Waals surface area contributed by atoms with Crippen molar-refractivity contribution in [3.8, 4) is 11.1 Å². The highest BCUT2D eigenvalue weighted by Gasteiger charge is 2.33. The summed E-state index contributed by atoms with van der Waals surface area (Å²) in [6, 6.07) is 16.8. The lowest BCUT2D eigenvalue weighted by Crippen LogP contribution is -2.48. The molecule has 0 unspecified atom stereocenters. The number of benzene rings is 2. The van der Waals surface area contributed by atoms with Crippen LogP contribution in [0.25, 0.3) is 11.1 Å². The van der Waals surface area contributed by atoms with Crippen molar-refractivity contribution in [2.45, 2.75) is 31.7 Å². The van der Waals surface area contributed by atoms with Crippen LogP contribution in [0.2, 0.25) is 0 Å². The first-order chi connectivity index (χ1) is 13.1. The molecule has 0 bridgehead atoms. The second-order valence-electron chi connectivity index (χ2n) is 7.48. The van der Waals surface area contributed by atoms with Gasteiger partial charge in [0.15, 0.2) is 0 Å². The quantitative estimate of drug-likeness (QED) is 0.806. The maximum Gasteiger partial charge on any atom is 0.410 e. The lowest BCUT2D eigenvalue weighted by Gasteiger charge is -2.37. The molecule has 140 valence electrons. The van der Waals surface area contributed by atoms with Gasteiger partial charge in [0, 0.05) is 24.4 Å². The van der Waals surface area contributed by atoms with Crippen LogP contribution in [0, 0.1) is 5.92 Å². The van der Waals surface area contributed by atoms with Crippen LogP contribution in [-0.4, -0.2) is 35.2 Å². The summed E-state index contributed by atoms with van der Waals surface area (Å²) in [5, 5.41) is 0. The van der Waals surface area contributed by atoms with E-state index in [9.17, 15) is 4.79 Å². The Morgan fingerprint density at radius 1 is 1.11 bits per heavy atom. The van der Waals surface area contributed by atoms with Gasteiger partial charge in [-0.25, -0.2) is 4.79 Å². The Labute approximate surface area is 165 Å². The van der Waals surface area contributed by atoms with Gasteiger partial charge in [0.25, 0.3) is 0 Å². The molecular formula is C22H24N2O2S. The average Bonchev–Trinajstić information content (AvgIpc) is 3.00. The third-order valence-electron chi connectivity index (χ3n) is 5.85. The molecule has 4 rings (SSSR count). The van der Waals surface area contributed by atoms with E-state index in [1.807, 2.05) is 12.1 Å². The number of nitrogens with two attached hydrogens (primary N) is 1.